The smallest absolute Gasteiger partial charge is 0.240 e. The Hall–Kier alpha value is -2.19. The predicted octanol–water partition coefficient (Wildman–Crippen LogP) is 2.35. The van der Waals surface area contributed by atoms with Crippen molar-refractivity contribution in [3.63, 3.8) is 0 Å². The number of imide groups is 1. The number of anilines is 1. The van der Waals surface area contributed by atoms with E-state index in [-0.39, 0.29) is 42.6 Å². The highest BCUT2D eigenvalue weighted by Crippen LogP contribution is 2.49. The van der Waals surface area contributed by atoms with E-state index >= 15 is 0 Å². The van der Waals surface area contributed by atoms with Crippen molar-refractivity contribution in [2.75, 3.05) is 4.90 Å². The molecule has 3 aliphatic rings. The normalized spacial score (nSPS) is 29.5. The van der Waals surface area contributed by atoms with Gasteiger partial charge in [0, 0.05) is 4.47 Å². The molecule has 2 bridgehead atoms. The number of carbonyl (C=O) groups is 2. The molecule has 1 aromatic heterocycles. The van der Waals surface area contributed by atoms with E-state index in [1.807, 2.05) is 24.3 Å². The molecule has 134 valence electrons. The highest BCUT2D eigenvalue weighted by atomic mass is 79.9. The van der Waals surface area contributed by atoms with Crippen LogP contribution >= 0.6 is 15.9 Å². The van der Waals surface area contributed by atoms with E-state index in [4.69, 9.17) is 9.47 Å². The van der Waals surface area contributed by atoms with Gasteiger partial charge < -0.3 is 9.47 Å². The number of nitrogens with zero attached hydrogens (tertiary/aromatic N) is 3. The number of rotatable bonds is 4. The summed E-state index contributed by atoms with van der Waals surface area (Å²) < 4.78 is 14.0. The molecule has 0 aliphatic carbocycles. The Morgan fingerprint density at radius 1 is 1.12 bits per heavy atom. The molecule has 4 atom stereocenters. The van der Waals surface area contributed by atoms with Gasteiger partial charge in [-0.3, -0.25) is 9.59 Å². The summed E-state index contributed by atoms with van der Waals surface area (Å²) in [5, 5.41) is 4.21. The molecular formula is C18H16BrN3O4. The topological polar surface area (TPSA) is 73.7 Å². The molecule has 0 saturated carbocycles. The number of carbonyl (C=O) groups excluding carboxylic acids is 2. The molecule has 4 heterocycles. The van der Waals surface area contributed by atoms with Crippen molar-refractivity contribution >= 4 is 33.4 Å². The first-order valence-corrected chi connectivity index (χ1v) is 9.35. The number of hydrogen-bond acceptors (Lipinski definition) is 5. The number of amides is 2. The Bertz CT molecular complexity index is 853. The Morgan fingerprint density at radius 3 is 2.42 bits per heavy atom. The Kier molecular flexibility index (Phi) is 3.65. The van der Waals surface area contributed by atoms with Crippen molar-refractivity contribution in [1.82, 2.24) is 9.78 Å². The fourth-order valence-electron chi connectivity index (χ4n) is 4.18. The zero-order valence-electron chi connectivity index (χ0n) is 13.7. The predicted molar refractivity (Wildman–Crippen MR) is 94.4 cm³/mol. The van der Waals surface area contributed by atoms with Crippen LogP contribution in [-0.2, 0) is 21.1 Å². The molecular weight excluding hydrogens is 402 g/mol. The minimum absolute atomic E-state index is 0.109. The first-order valence-electron chi connectivity index (χ1n) is 8.56. The van der Waals surface area contributed by atoms with E-state index in [9.17, 15) is 9.59 Å². The molecule has 3 aliphatic heterocycles. The van der Waals surface area contributed by atoms with Gasteiger partial charge in [-0.05, 0) is 37.1 Å². The van der Waals surface area contributed by atoms with Crippen LogP contribution in [0.25, 0.3) is 0 Å². The minimum atomic E-state index is -0.330. The summed E-state index contributed by atoms with van der Waals surface area (Å²) >= 11 is 3.38. The van der Waals surface area contributed by atoms with E-state index in [1.54, 1.807) is 10.9 Å². The SMILES string of the molecule is O=C1[C@@H]2[C@H](C(=O)N1c1cnn(COc3ccc(Br)cc3)c1)[C@H]1CC[C@H]2O1. The van der Waals surface area contributed by atoms with Gasteiger partial charge in [0.1, 0.15) is 5.75 Å². The second-order valence-corrected chi connectivity index (χ2v) is 7.73. The van der Waals surface area contributed by atoms with E-state index in [1.165, 1.54) is 11.1 Å². The quantitative estimate of drug-likeness (QED) is 0.713. The second-order valence-electron chi connectivity index (χ2n) is 6.82. The van der Waals surface area contributed by atoms with Gasteiger partial charge in [0.25, 0.3) is 0 Å². The van der Waals surface area contributed by atoms with Crippen LogP contribution < -0.4 is 9.64 Å². The van der Waals surface area contributed by atoms with Gasteiger partial charge in [0.15, 0.2) is 6.73 Å². The van der Waals surface area contributed by atoms with Crippen LogP contribution in [0.3, 0.4) is 0 Å². The summed E-state index contributed by atoms with van der Waals surface area (Å²) in [5.41, 5.74) is 0.494. The third kappa shape index (κ3) is 2.39. The summed E-state index contributed by atoms with van der Waals surface area (Å²) in [6, 6.07) is 7.47. The van der Waals surface area contributed by atoms with E-state index in [2.05, 4.69) is 21.0 Å². The van der Waals surface area contributed by atoms with E-state index in [0.29, 0.717) is 11.4 Å². The fraction of sp³-hybridized carbons (Fsp3) is 0.389. The molecule has 26 heavy (non-hydrogen) atoms. The summed E-state index contributed by atoms with van der Waals surface area (Å²) in [6.07, 6.45) is 4.70. The van der Waals surface area contributed by atoms with Crippen molar-refractivity contribution in [2.24, 2.45) is 11.8 Å². The molecule has 8 heteroatoms. The molecule has 0 unspecified atom stereocenters. The lowest BCUT2D eigenvalue weighted by molar-refractivity contribution is -0.124. The van der Waals surface area contributed by atoms with Gasteiger partial charge in [-0.25, -0.2) is 9.58 Å². The molecule has 3 fully saturated rings. The van der Waals surface area contributed by atoms with Crippen LogP contribution in [0, 0.1) is 11.8 Å². The highest BCUT2D eigenvalue weighted by molar-refractivity contribution is 9.10. The Morgan fingerprint density at radius 2 is 1.77 bits per heavy atom. The molecule has 3 saturated heterocycles. The molecule has 0 radical (unpaired) electrons. The van der Waals surface area contributed by atoms with Gasteiger partial charge in [-0.2, -0.15) is 5.10 Å². The van der Waals surface area contributed by atoms with Crippen LogP contribution in [0.5, 0.6) is 5.75 Å². The zero-order valence-corrected chi connectivity index (χ0v) is 15.3. The molecule has 2 amide bonds. The number of hydrogen-bond donors (Lipinski definition) is 0. The first kappa shape index (κ1) is 16.0. The van der Waals surface area contributed by atoms with Crippen LogP contribution in [0.4, 0.5) is 5.69 Å². The van der Waals surface area contributed by atoms with Gasteiger partial charge in [-0.15, -0.1) is 0 Å². The van der Waals surface area contributed by atoms with Crippen molar-refractivity contribution in [1.29, 1.82) is 0 Å². The number of aromatic nitrogens is 2. The summed E-state index contributed by atoms with van der Waals surface area (Å²) in [7, 11) is 0. The Balaban J connectivity index is 1.31. The van der Waals surface area contributed by atoms with Crippen molar-refractivity contribution in [2.45, 2.75) is 31.8 Å². The van der Waals surface area contributed by atoms with E-state index < -0.39 is 0 Å². The number of ether oxygens (including phenoxy) is 2. The van der Waals surface area contributed by atoms with Gasteiger partial charge in [0.05, 0.1) is 42.1 Å². The van der Waals surface area contributed by atoms with Crippen LogP contribution in [0.1, 0.15) is 12.8 Å². The van der Waals surface area contributed by atoms with E-state index in [0.717, 1.165) is 17.3 Å². The molecule has 0 spiro atoms. The highest BCUT2D eigenvalue weighted by Gasteiger charge is 2.62. The largest absolute Gasteiger partial charge is 0.471 e. The summed E-state index contributed by atoms with van der Waals surface area (Å²) in [4.78, 5) is 26.8. The Labute approximate surface area is 158 Å². The molecule has 1 aromatic carbocycles. The maximum atomic E-state index is 12.8. The second kappa shape index (κ2) is 5.92. The van der Waals surface area contributed by atoms with Gasteiger partial charge in [-0.1, -0.05) is 15.9 Å². The van der Waals surface area contributed by atoms with Crippen LogP contribution in [-0.4, -0.2) is 33.8 Å². The van der Waals surface area contributed by atoms with Gasteiger partial charge in [0.2, 0.25) is 11.8 Å². The summed E-state index contributed by atoms with van der Waals surface area (Å²) in [6.45, 7) is 0.194. The third-order valence-corrected chi connectivity index (χ3v) is 5.87. The maximum Gasteiger partial charge on any atom is 0.240 e. The molecule has 2 aromatic rings. The average molecular weight is 418 g/mol. The monoisotopic (exact) mass is 417 g/mol. The number of halogens is 1. The van der Waals surface area contributed by atoms with Crippen LogP contribution in [0.15, 0.2) is 41.1 Å². The van der Waals surface area contributed by atoms with Gasteiger partial charge >= 0.3 is 0 Å². The molecule has 0 N–H and O–H groups in total. The standard InChI is InChI=1S/C18H16BrN3O4/c19-10-1-3-12(4-2-10)25-9-21-8-11(7-20-21)22-17(23)15-13-5-6-14(26-13)16(15)18(22)24/h1-4,7-8,13-16H,5-6,9H2/t13-,14-,15-,16+/m1/s1. The molecule has 7 nitrogen and oxygen atoms in total. The van der Waals surface area contributed by atoms with Crippen molar-refractivity contribution in [3.05, 3.63) is 41.1 Å². The lowest BCUT2D eigenvalue weighted by Crippen LogP contribution is -2.34. The number of fused-ring (bicyclic) bond motifs is 5. The lowest BCUT2D eigenvalue weighted by atomic mass is 9.81. The lowest BCUT2D eigenvalue weighted by Gasteiger charge is -2.15. The van der Waals surface area contributed by atoms with Crippen molar-refractivity contribution < 1.29 is 19.1 Å². The fourth-order valence-corrected chi connectivity index (χ4v) is 4.44. The maximum absolute atomic E-state index is 12.8. The summed E-state index contributed by atoms with van der Waals surface area (Å²) in [5.74, 6) is -0.282. The minimum Gasteiger partial charge on any atom is -0.471 e. The third-order valence-electron chi connectivity index (χ3n) is 5.34. The molecule has 5 rings (SSSR count). The average Bonchev–Trinajstić information content (AvgIpc) is 3.39. The first-order chi connectivity index (χ1) is 12.6. The number of benzene rings is 1. The zero-order chi connectivity index (χ0) is 17.8. The van der Waals surface area contributed by atoms with Crippen LogP contribution in [0.2, 0.25) is 0 Å². The van der Waals surface area contributed by atoms with Crippen molar-refractivity contribution in [3.8, 4) is 5.75 Å².